The van der Waals surface area contributed by atoms with Crippen LogP contribution in [0.2, 0.25) is 0 Å². The molecule has 0 saturated carbocycles. The van der Waals surface area contributed by atoms with Gasteiger partial charge in [-0.1, -0.05) is 13.0 Å². The summed E-state index contributed by atoms with van der Waals surface area (Å²) >= 11 is 1.83. The Balaban J connectivity index is 2.59. The molecule has 0 aliphatic rings. The molecule has 82 valence electrons. The summed E-state index contributed by atoms with van der Waals surface area (Å²) in [6.07, 6.45) is 1.73. The van der Waals surface area contributed by atoms with Crippen molar-refractivity contribution in [1.82, 2.24) is 4.98 Å². The number of ether oxygens (including phenoxy) is 1. The van der Waals surface area contributed by atoms with Gasteiger partial charge in [-0.15, -0.1) is 0 Å². The van der Waals surface area contributed by atoms with Crippen LogP contribution in [0.1, 0.15) is 29.9 Å². The van der Waals surface area contributed by atoms with Gasteiger partial charge in [-0.3, -0.25) is 0 Å². The second-order valence-electron chi connectivity index (χ2n) is 2.91. The van der Waals surface area contributed by atoms with E-state index in [4.69, 9.17) is 4.74 Å². The van der Waals surface area contributed by atoms with Crippen molar-refractivity contribution in [3.63, 3.8) is 0 Å². The van der Waals surface area contributed by atoms with Crippen LogP contribution in [-0.2, 0) is 10.5 Å². The quantitative estimate of drug-likeness (QED) is 0.722. The van der Waals surface area contributed by atoms with Crippen LogP contribution in [0.4, 0.5) is 0 Å². The molecule has 15 heavy (non-hydrogen) atoms. The monoisotopic (exact) mass is 225 g/mol. The SMILES string of the molecule is CCOC(=O)c1ccc(CSCC)cn1. The highest BCUT2D eigenvalue weighted by Crippen LogP contribution is 2.11. The highest BCUT2D eigenvalue weighted by Gasteiger charge is 2.06. The fourth-order valence-corrected chi connectivity index (χ4v) is 1.67. The summed E-state index contributed by atoms with van der Waals surface area (Å²) in [5.74, 6) is 1.67. The summed E-state index contributed by atoms with van der Waals surface area (Å²) in [5.41, 5.74) is 1.51. The molecule has 0 bridgehead atoms. The van der Waals surface area contributed by atoms with Gasteiger partial charge in [0, 0.05) is 11.9 Å². The van der Waals surface area contributed by atoms with Gasteiger partial charge in [-0.25, -0.2) is 9.78 Å². The van der Waals surface area contributed by atoms with Gasteiger partial charge in [0.05, 0.1) is 6.61 Å². The Labute approximate surface area is 94.2 Å². The Morgan fingerprint density at radius 1 is 1.47 bits per heavy atom. The summed E-state index contributed by atoms with van der Waals surface area (Å²) < 4.78 is 4.84. The molecule has 1 heterocycles. The third-order valence-corrected chi connectivity index (χ3v) is 2.73. The topological polar surface area (TPSA) is 39.2 Å². The Morgan fingerprint density at radius 2 is 2.27 bits per heavy atom. The standard InChI is InChI=1S/C11H15NO2S/c1-3-14-11(13)10-6-5-9(7-12-10)8-15-4-2/h5-7H,3-4,8H2,1-2H3. The molecule has 1 aromatic heterocycles. The second-order valence-corrected chi connectivity index (χ2v) is 4.18. The normalized spacial score (nSPS) is 10.0. The van der Waals surface area contributed by atoms with Crippen molar-refractivity contribution in [3.8, 4) is 0 Å². The zero-order valence-electron chi connectivity index (χ0n) is 9.03. The van der Waals surface area contributed by atoms with E-state index in [0.29, 0.717) is 12.3 Å². The zero-order valence-corrected chi connectivity index (χ0v) is 9.84. The summed E-state index contributed by atoms with van der Waals surface area (Å²) in [7, 11) is 0. The Kier molecular flexibility index (Phi) is 5.18. The number of pyridine rings is 1. The summed E-state index contributed by atoms with van der Waals surface area (Å²) in [5, 5.41) is 0. The molecule has 3 nitrogen and oxygen atoms in total. The molecule has 4 heteroatoms. The maximum atomic E-state index is 11.3. The molecule has 0 aliphatic heterocycles. The number of nitrogens with zero attached hydrogens (tertiary/aromatic N) is 1. The summed E-state index contributed by atoms with van der Waals surface area (Å²) in [6, 6.07) is 3.63. The van der Waals surface area contributed by atoms with Crippen LogP contribution >= 0.6 is 11.8 Å². The molecule has 0 saturated heterocycles. The fraction of sp³-hybridized carbons (Fsp3) is 0.455. The van der Waals surface area contributed by atoms with E-state index in [1.54, 1.807) is 19.2 Å². The molecule has 0 atom stereocenters. The summed E-state index contributed by atoms with van der Waals surface area (Å²) in [4.78, 5) is 15.3. The highest BCUT2D eigenvalue weighted by molar-refractivity contribution is 7.98. The van der Waals surface area contributed by atoms with Gasteiger partial charge < -0.3 is 4.74 Å². The van der Waals surface area contributed by atoms with Crippen molar-refractivity contribution < 1.29 is 9.53 Å². The number of carbonyl (C=O) groups excluding carboxylic acids is 1. The first-order valence-corrected chi connectivity index (χ1v) is 6.13. The van der Waals surface area contributed by atoms with E-state index in [1.165, 1.54) is 0 Å². The van der Waals surface area contributed by atoms with Crippen LogP contribution in [-0.4, -0.2) is 23.3 Å². The van der Waals surface area contributed by atoms with Crippen LogP contribution in [0.3, 0.4) is 0 Å². The summed E-state index contributed by atoms with van der Waals surface area (Å²) in [6.45, 7) is 4.28. The molecule has 0 radical (unpaired) electrons. The number of aromatic nitrogens is 1. The van der Waals surface area contributed by atoms with E-state index in [-0.39, 0.29) is 5.97 Å². The molecule has 0 amide bonds. The van der Waals surface area contributed by atoms with Crippen LogP contribution in [0, 0.1) is 0 Å². The van der Waals surface area contributed by atoms with Gasteiger partial charge in [0.15, 0.2) is 0 Å². The van der Waals surface area contributed by atoms with Crippen molar-refractivity contribution in [3.05, 3.63) is 29.6 Å². The molecule has 0 spiro atoms. The predicted molar refractivity (Wildman–Crippen MR) is 62.0 cm³/mol. The first-order chi connectivity index (χ1) is 7.27. The number of rotatable bonds is 5. The molecule has 1 aromatic rings. The van der Waals surface area contributed by atoms with Gasteiger partial charge in [0.25, 0.3) is 0 Å². The van der Waals surface area contributed by atoms with Crippen LogP contribution in [0.15, 0.2) is 18.3 Å². The third-order valence-electron chi connectivity index (χ3n) is 1.78. The van der Waals surface area contributed by atoms with Crippen molar-refractivity contribution in [1.29, 1.82) is 0 Å². The number of hydrogen-bond donors (Lipinski definition) is 0. The predicted octanol–water partition coefficient (Wildman–Crippen LogP) is 2.51. The zero-order chi connectivity index (χ0) is 11.1. The smallest absolute Gasteiger partial charge is 0.356 e. The maximum Gasteiger partial charge on any atom is 0.356 e. The van der Waals surface area contributed by atoms with Gasteiger partial charge in [-0.2, -0.15) is 11.8 Å². The molecule has 0 aromatic carbocycles. The lowest BCUT2D eigenvalue weighted by molar-refractivity contribution is 0.0519. The highest BCUT2D eigenvalue weighted by atomic mass is 32.2. The molecule has 0 N–H and O–H groups in total. The van der Waals surface area contributed by atoms with Gasteiger partial charge >= 0.3 is 5.97 Å². The maximum absolute atomic E-state index is 11.3. The lowest BCUT2D eigenvalue weighted by atomic mass is 10.3. The lowest BCUT2D eigenvalue weighted by Gasteiger charge is -2.02. The third kappa shape index (κ3) is 3.91. The minimum atomic E-state index is -0.354. The van der Waals surface area contributed by atoms with Gasteiger partial charge in [0.2, 0.25) is 0 Å². The van der Waals surface area contributed by atoms with E-state index < -0.39 is 0 Å². The second kappa shape index (κ2) is 6.45. The van der Waals surface area contributed by atoms with Crippen molar-refractivity contribution in [2.45, 2.75) is 19.6 Å². The van der Waals surface area contributed by atoms with Crippen molar-refractivity contribution >= 4 is 17.7 Å². The lowest BCUT2D eigenvalue weighted by Crippen LogP contribution is -2.06. The van der Waals surface area contributed by atoms with E-state index >= 15 is 0 Å². The van der Waals surface area contributed by atoms with Gasteiger partial charge in [0.1, 0.15) is 5.69 Å². The first kappa shape index (κ1) is 12.0. The number of carbonyl (C=O) groups is 1. The van der Waals surface area contributed by atoms with E-state index in [1.807, 2.05) is 17.8 Å². The first-order valence-electron chi connectivity index (χ1n) is 4.97. The minimum Gasteiger partial charge on any atom is -0.461 e. The van der Waals surface area contributed by atoms with Crippen LogP contribution < -0.4 is 0 Å². The Hall–Kier alpha value is -1.03. The number of hydrogen-bond acceptors (Lipinski definition) is 4. The van der Waals surface area contributed by atoms with E-state index in [2.05, 4.69) is 11.9 Å². The molecule has 0 fully saturated rings. The van der Waals surface area contributed by atoms with Crippen LogP contribution in [0.25, 0.3) is 0 Å². The van der Waals surface area contributed by atoms with E-state index in [9.17, 15) is 4.79 Å². The molecule has 0 aliphatic carbocycles. The molecular formula is C11H15NO2S. The van der Waals surface area contributed by atoms with Crippen molar-refractivity contribution in [2.75, 3.05) is 12.4 Å². The average molecular weight is 225 g/mol. The molecular weight excluding hydrogens is 210 g/mol. The van der Waals surface area contributed by atoms with Crippen LogP contribution in [0.5, 0.6) is 0 Å². The van der Waals surface area contributed by atoms with Crippen molar-refractivity contribution in [2.24, 2.45) is 0 Å². The molecule has 1 rings (SSSR count). The van der Waals surface area contributed by atoms with E-state index in [0.717, 1.165) is 17.1 Å². The van der Waals surface area contributed by atoms with Gasteiger partial charge in [-0.05, 0) is 24.3 Å². The largest absolute Gasteiger partial charge is 0.461 e. The average Bonchev–Trinajstić information content (AvgIpc) is 2.27. The molecule has 0 unspecified atom stereocenters. The fourth-order valence-electron chi connectivity index (χ4n) is 1.06. The minimum absolute atomic E-state index is 0.354. The number of esters is 1. The Bertz CT molecular complexity index is 311. The number of thioether (sulfide) groups is 1. The Morgan fingerprint density at radius 3 is 2.80 bits per heavy atom.